The van der Waals surface area contributed by atoms with Gasteiger partial charge >= 0.3 is 5.97 Å². The Labute approximate surface area is 182 Å². The second-order valence-electron chi connectivity index (χ2n) is 7.91. The van der Waals surface area contributed by atoms with E-state index in [0.717, 1.165) is 23.3 Å². The fourth-order valence-corrected chi connectivity index (χ4v) is 4.57. The predicted octanol–water partition coefficient (Wildman–Crippen LogP) is 3.69. The number of ether oxygens (including phenoxy) is 4. The van der Waals surface area contributed by atoms with Crippen LogP contribution in [0.1, 0.15) is 36.4 Å². The number of fused-ring (bicyclic) bond motifs is 1. The largest absolute Gasteiger partial charge is 0.497 e. The Morgan fingerprint density at radius 3 is 2.55 bits per heavy atom. The first-order valence-corrected chi connectivity index (χ1v) is 10.7. The van der Waals surface area contributed by atoms with Crippen molar-refractivity contribution >= 4 is 5.97 Å². The predicted molar refractivity (Wildman–Crippen MR) is 115 cm³/mol. The number of carboxylic acids is 1. The number of likely N-dealkylation sites (tertiary alicyclic amines) is 1. The Hall–Kier alpha value is -2.77. The van der Waals surface area contributed by atoms with Crippen molar-refractivity contribution in [3.63, 3.8) is 0 Å². The van der Waals surface area contributed by atoms with Crippen molar-refractivity contribution < 1.29 is 28.8 Å². The lowest BCUT2D eigenvalue weighted by atomic mass is 9.83. The molecule has 31 heavy (non-hydrogen) atoms. The van der Waals surface area contributed by atoms with Crippen LogP contribution in [0, 0.1) is 5.92 Å². The van der Waals surface area contributed by atoms with Gasteiger partial charge in [-0.1, -0.05) is 25.1 Å². The molecule has 1 fully saturated rings. The van der Waals surface area contributed by atoms with Gasteiger partial charge in [0.05, 0.1) is 19.6 Å². The molecule has 0 bridgehead atoms. The number of hydrogen-bond donors (Lipinski definition) is 1. The Morgan fingerprint density at radius 2 is 1.84 bits per heavy atom. The van der Waals surface area contributed by atoms with E-state index in [4.69, 9.17) is 18.9 Å². The van der Waals surface area contributed by atoms with E-state index in [1.165, 1.54) is 0 Å². The van der Waals surface area contributed by atoms with Crippen LogP contribution in [0.4, 0.5) is 0 Å². The standard InChI is InChI=1S/C24H29NO6/c1-3-11-29-12-10-25-14-19(16-4-7-18(28-2)8-5-16)22(24(26)27)23(25)17-6-9-20-21(13-17)31-15-30-20/h4-9,13,19,22-23H,3,10-12,14-15H2,1-2H3,(H,26,27)/t19-,22+,23-/m1/s1. The lowest BCUT2D eigenvalue weighted by Gasteiger charge is -2.27. The highest BCUT2D eigenvalue weighted by atomic mass is 16.7. The van der Waals surface area contributed by atoms with Crippen molar-refractivity contribution in [1.82, 2.24) is 4.90 Å². The van der Waals surface area contributed by atoms with Gasteiger partial charge in [0, 0.05) is 31.7 Å². The fourth-order valence-electron chi connectivity index (χ4n) is 4.57. The van der Waals surface area contributed by atoms with Crippen LogP contribution in [0.15, 0.2) is 42.5 Å². The summed E-state index contributed by atoms with van der Waals surface area (Å²) >= 11 is 0. The van der Waals surface area contributed by atoms with E-state index in [0.29, 0.717) is 37.8 Å². The van der Waals surface area contributed by atoms with Crippen LogP contribution in [-0.4, -0.2) is 56.2 Å². The van der Waals surface area contributed by atoms with Crippen LogP contribution in [-0.2, 0) is 9.53 Å². The molecule has 7 nitrogen and oxygen atoms in total. The number of aliphatic carboxylic acids is 1. The van der Waals surface area contributed by atoms with Gasteiger partial charge in [-0.25, -0.2) is 0 Å². The summed E-state index contributed by atoms with van der Waals surface area (Å²) in [5.41, 5.74) is 1.92. The van der Waals surface area contributed by atoms with Crippen LogP contribution in [0.25, 0.3) is 0 Å². The Bertz CT molecular complexity index is 899. The van der Waals surface area contributed by atoms with Crippen molar-refractivity contribution in [1.29, 1.82) is 0 Å². The molecule has 0 aromatic heterocycles. The summed E-state index contributed by atoms with van der Waals surface area (Å²) in [6.07, 6.45) is 0.956. The molecule has 0 aliphatic carbocycles. The van der Waals surface area contributed by atoms with Crippen molar-refractivity contribution in [2.45, 2.75) is 25.3 Å². The molecular weight excluding hydrogens is 398 g/mol. The van der Waals surface area contributed by atoms with Gasteiger partial charge in [0.25, 0.3) is 0 Å². The van der Waals surface area contributed by atoms with E-state index in [1.54, 1.807) is 7.11 Å². The number of methoxy groups -OCH3 is 1. The zero-order chi connectivity index (χ0) is 21.8. The molecule has 0 amide bonds. The van der Waals surface area contributed by atoms with Gasteiger partial charge in [-0.05, 0) is 41.8 Å². The van der Waals surface area contributed by atoms with Gasteiger partial charge in [0.1, 0.15) is 5.75 Å². The van der Waals surface area contributed by atoms with Crippen LogP contribution >= 0.6 is 0 Å². The first-order valence-electron chi connectivity index (χ1n) is 10.7. The maximum Gasteiger partial charge on any atom is 0.309 e. The molecule has 2 aliphatic heterocycles. The molecule has 0 unspecified atom stereocenters. The molecule has 1 saturated heterocycles. The monoisotopic (exact) mass is 427 g/mol. The molecule has 0 spiro atoms. The number of hydrogen-bond acceptors (Lipinski definition) is 6. The topological polar surface area (TPSA) is 77.5 Å². The highest BCUT2D eigenvalue weighted by molar-refractivity contribution is 5.74. The molecule has 2 heterocycles. The summed E-state index contributed by atoms with van der Waals surface area (Å²) < 4.78 is 22.0. The minimum atomic E-state index is -0.805. The van der Waals surface area contributed by atoms with Crippen LogP contribution in [0.3, 0.4) is 0 Å². The Kier molecular flexibility index (Phi) is 6.63. The third kappa shape index (κ3) is 4.48. The van der Waals surface area contributed by atoms with Gasteiger partial charge in [-0.2, -0.15) is 0 Å². The van der Waals surface area contributed by atoms with Crippen molar-refractivity contribution in [2.24, 2.45) is 5.92 Å². The molecule has 0 radical (unpaired) electrons. The maximum atomic E-state index is 12.5. The van der Waals surface area contributed by atoms with Crippen LogP contribution in [0.2, 0.25) is 0 Å². The Balaban J connectivity index is 1.66. The quantitative estimate of drug-likeness (QED) is 0.612. The molecule has 2 aliphatic rings. The third-order valence-electron chi connectivity index (χ3n) is 6.04. The number of nitrogens with zero attached hydrogens (tertiary/aromatic N) is 1. The average Bonchev–Trinajstić information content (AvgIpc) is 3.41. The van der Waals surface area contributed by atoms with E-state index in [-0.39, 0.29) is 18.8 Å². The summed E-state index contributed by atoms with van der Waals surface area (Å²) in [4.78, 5) is 14.7. The molecule has 166 valence electrons. The highest BCUT2D eigenvalue weighted by Crippen LogP contribution is 2.47. The first kappa shape index (κ1) is 21.5. The lowest BCUT2D eigenvalue weighted by molar-refractivity contribution is -0.143. The van der Waals surface area contributed by atoms with Gasteiger partial charge in [-0.3, -0.25) is 9.69 Å². The zero-order valence-corrected chi connectivity index (χ0v) is 18.0. The average molecular weight is 427 g/mol. The first-order chi connectivity index (χ1) is 15.1. The summed E-state index contributed by atoms with van der Waals surface area (Å²) in [5, 5.41) is 10.3. The normalized spacial score (nSPS) is 22.6. The second-order valence-corrected chi connectivity index (χ2v) is 7.91. The van der Waals surface area contributed by atoms with Crippen molar-refractivity contribution in [3.05, 3.63) is 53.6 Å². The maximum absolute atomic E-state index is 12.5. The number of carbonyl (C=O) groups is 1. The number of rotatable bonds is 9. The summed E-state index contributed by atoms with van der Waals surface area (Å²) in [6, 6.07) is 13.1. The third-order valence-corrected chi connectivity index (χ3v) is 6.04. The SMILES string of the molecule is CCCOCCN1C[C@H](c2ccc(OC)cc2)[C@H](C(=O)O)[C@H]1c1ccc2c(c1)OCO2. The molecule has 2 aromatic carbocycles. The van der Waals surface area contributed by atoms with Gasteiger partial charge in [0.15, 0.2) is 11.5 Å². The number of benzene rings is 2. The van der Waals surface area contributed by atoms with Crippen molar-refractivity contribution in [2.75, 3.05) is 40.2 Å². The van der Waals surface area contributed by atoms with E-state index < -0.39 is 11.9 Å². The summed E-state index contributed by atoms with van der Waals surface area (Å²) in [7, 11) is 1.62. The van der Waals surface area contributed by atoms with E-state index in [1.807, 2.05) is 42.5 Å². The molecule has 7 heteroatoms. The van der Waals surface area contributed by atoms with Gasteiger partial charge in [0.2, 0.25) is 6.79 Å². The zero-order valence-electron chi connectivity index (χ0n) is 18.0. The molecule has 1 N–H and O–H groups in total. The minimum Gasteiger partial charge on any atom is -0.497 e. The van der Waals surface area contributed by atoms with Crippen LogP contribution < -0.4 is 14.2 Å². The summed E-state index contributed by atoms with van der Waals surface area (Å²) in [5.74, 6) is 0.561. The molecule has 2 aromatic rings. The van der Waals surface area contributed by atoms with Gasteiger partial charge < -0.3 is 24.1 Å². The van der Waals surface area contributed by atoms with E-state index in [2.05, 4.69) is 11.8 Å². The summed E-state index contributed by atoms with van der Waals surface area (Å²) in [6.45, 7) is 4.83. The highest BCUT2D eigenvalue weighted by Gasteiger charge is 2.47. The molecule has 4 rings (SSSR count). The molecule has 0 saturated carbocycles. The smallest absolute Gasteiger partial charge is 0.309 e. The molecular formula is C24H29NO6. The minimum absolute atomic E-state index is 0.148. The van der Waals surface area contributed by atoms with E-state index in [9.17, 15) is 9.90 Å². The van der Waals surface area contributed by atoms with Crippen molar-refractivity contribution in [3.8, 4) is 17.2 Å². The van der Waals surface area contributed by atoms with Crippen LogP contribution in [0.5, 0.6) is 17.2 Å². The fraction of sp³-hybridized carbons (Fsp3) is 0.458. The molecule has 3 atom stereocenters. The number of carboxylic acid groups (broad SMARTS) is 1. The lowest BCUT2D eigenvalue weighted by Crippen LogP contribution is -2.31. The van der Waals surface area contributed by atoms with Gasteiger partial charge in [-0.15, -0.1) is 0 Å². The second kappa shape index (κ2) is 9.58. The van der Waals surface area contributed by atoms with E-state index >= 15 is 0 Å². The Morgan fingerprint density at radius 1 is 1.10 bits per heavy atom.